The van der Waals surface area contributed by atoms with Crippen molar-refractivity contribution in [2.45, 2.75) is 19.8 Å². The van der Waals surface area contributed by atoms with Crippen LogP contribution in [0.4, 0.5) is 0 Å². The molecule has 0 unspecified atom stereocenters. The van der Waals surface area contributed by atoms with Crippen LogP contribution in [0.2, 0.25) is 0 Å². The Bertz CT molecular complexity index is 175. The molecule has 1 aliphatic carbocycles. The summed E-state index contributed by atoms with van der Waals surface area (Å²) in [5.41, 5.74) is 2.33. The molecule has 0 aromatic carbocycles. The van der Waals surface area contributed by atoms with Crippen LogP contribution >= 0.6 is 0 Å². The van der Waals surface area contributed by atoms with Crippen LogP contribution < -0.4 is 0 Å². The Labute approximate surface area is 55.6 Å². The van der Waals surface area contributed by atoms with Gasteiger partial charge in [-0.3, -0.25) is 0 Å². The number of hydrogen-bond donors (Lipinski definition) is 1. The van der Waals surface area contributed by atoms with E-state index in [2.05, 4.69) is 19.1 Å². The fourth-order valence-electron chi connectivity index (χ4n) is 0.990. The van der Waals surface area contributed by atoms with Gasteiger partial charge in [-0.15, -0.1) is 0 Å². The van der Waals surface area contributed by atoms with Gasteiger partial charge in [0.1, 0.15) is 0 Å². The van der Waals surface area contributed by atoms with Crippen molar-refractivity contribution in [1.82, 2.24) is 0 Å². The normalized spacial score (nSPS) is 18.3. The average Bonchev–Trinajstić information content (AvgIpc) is 1.89. The van der Waals surface area contributed by atoms with Gasteiger partial charge in [0.15, 0.2) is 0 Å². The molecular weight excluding hydrogens is 110 g/mol. The predicted molar refractivity (Wildman–Crippen MR) is 39.9 cm³/mol. The third-order valence-corrected chi connectivity index (χ3v) is 1.59. The number of allylic oxidation sites excluding steroid dienone is 4. The summed E-state index contributed by atoms with van der Waals surface area (Å²) < 4.78 is 0. The SMILES string of the molecule is CC1=CCCC=C1C=N. The van der Waals surface area contributed by atoms with Crippen molar-refractivity contribution in [2.75, 3.05) is 0 Å². The lowest BCUT2D eigenvalue weighted by molar-refractivity contribution is 1.01. The zero-order chi connectivity index (χ0) is 6.69. The molecule has 0 spiro atoms. The first-order valence-electron chi connectivity index (χ1n) is 3.22. The van der Waals surface area contributed by atoms with Crippen molar-refractivity contribution < 1.29 is 0 Å². The van der Waals surface area contributed by atoms with Crippen LogP contribution in [0.1, 0.15) is 19.8 Å². The first kappa shape index (κ1) is 6.27. The Morgan fingerprint density at radius 3 is 2.56 bits per heavy atom. The molecule has 0 amide bonds. The van der Waals surface area contributed by atoms with Gasteiger partial charge in [-0.1, -0.05) is 12.2 Å². The minimum atomic E-state index is 1.08. The van der Waals surface area contributed by atoms with E-state index < -0.39 is 0 Å². The molecule has 0 saturated heterocycles. The van der Waals surface area contributed by atoms with Gasteiger partial charge in [0.25, 0.3) is 0 Å². The van der Waals surface area contributed by atoms with Crippen molar-refractivity contribution >= 4 is 6.21 Å². The van der Waals surface area contributed by atoms with Crippen molar-refractivity contribution in [3.63, 3.8) is 0 Å². The summed E-state index contributed by atoms with van der Waals surface area (Å²) in [5, 5.41) is 6.99. The average molecular weight is 121 g/mol. The number of nitrogens with one attached hydrogen (secondary N) is 1. The molecule has 1 nitrogen and oxygen atoms in total. The summed E-state index contributed by atoms with van der Waals surface area (Å²) in [6, 6.07) is 0. The van der Waals surface area contributed by atoms with Crippen LogP contribution in [0.5, 0.6) is 0 Å². The first-order valence-corrected chi connectivity index (χ1v) is 3.22. The van der Waals surface area contributed by atoms with E-state index >= 15 is 0 Å². The molecule has 0 aliphatic heterocycles. The molecule has 0 aromatic rings. The van der Waals surface area contributed by atoms with Gasteiger partial charge in [0, 0.05) is 6.21 Å². The molecular formula is C8H11N. The maximum atomic E-state index is 6.99. The van der Waals surface area contributed by atoms with Crippen molar-refractivity contribution in [3.8, 4) is 0 Å². The highest BCUT2D eigenvalue weighted by Crippen LogP contribution is 2.15. The molecule has 48 valence electrons. The zero-order valence-corrected chi connectivity index (χ0v) is 5.65. The minimum absolute atomic E-state index is 1.08. The number of rotatable bonds is 1. The molecule has 0 aromatic heterocycles. The summed E-state index contributed by atoms with van der Waals surface area (Å²) in [6.45, 7) is 2.05. The van der Waals surface area contributed by atoms with Crippen LogP contribution in [0.25, 0.3) is 0 Å². The molecule has 1 rings (SSSR count). The van der Waals surface area contributed by atoms with E-state index in [1.165, 1.54) is 11.8 Å². The van der Waals surface area contributed by atoms with E-state index in [4.69, 9.17) is 5.41 Å². The second-order valence-electron chi connectivity index (χ2n) is 2.27. The molecule has 0 fully saturated rings. The maximum absolute atomic E-state index is 6.99. The van der Waals surface area contributed by atoms with Crippen LogP contribution in [0, 0.1) is 5.41 Å². The smallest absolute Gasteiger partial charge is 0.0249 e. The summed E-state index contributed by atoms with van der Waals surface area (Å²) in [4.78, 5) is 0. The Kier molecular flexibility index (Phi) is 1.83. The van der Waals surface area contributed by atoms with Crippen LogP contribution in [0.3, 0.4) is 0 Å². The van der Waals surface area contributed by atoms with Crippen molar-refractivity contribution in [3.05, 3.63) is 23.3 Å². The van der Waals surface area contributed by atoms with Gasteiger partial charge in [-0.05, 0) is 30.9 Å². The second-order valence-corrected chi connectivity index (χ2v) is 2.27. The fourth-order valence-corrected chi connectivity index (χ4v) is 0.990. The molecule has 0 atom stereocenters. The van der Waals surface area contributed by atoms with Crippen molar-refractivity contribution in [2.24, 2.45) is 0 Å². The molecule has 1 heteroatoms. The highest BCUT2D eigenvalue weighted by molar-refractivity contribution is 5.82. The lowest BCUT2D eigenvalue weighted by Crippen LogP contribution is -1.91. The molecule has 0 saturated carbocycles. The van der Waals surface area contributed by atoms with E-state index in [-0.39, 0.29) is 0 Å². The van der Waals surface area contributed by atoms with E-state index in [9.17, 15) is 0 Å². The van der Waals surface area contributed by atoms with Gasteiger partial charge >= 0.3 is 0 Å². The summed E-state index contributed by atoms with van der Waals surface area (Å²) in [6.07, 6.45) is 7.96. The van der Waals surface area contributed by atoms with E-state index in [0.29, 0.717) is 0 Å². The summed E-state index contributed by atoms with van der Waals surface area (Å²) in [7, 11) is 0. The largest absolute Gasteiger partial charge is 0.308 e. The number of hydrogen-bond acceptors (Lipinski definition) is 1. The Balaban J connectivity index is 2.79. The molecule has 0 heterocycles. The molecule has 0 radical (unpaired) electrons. The molecule has 9 heavy (non-hydrogen) atoms. The lowest BCUT2D eigenvalue weighted by Gasteiger charge is -2.05. The van der Waals surface area contributed by atoms with Crippen LogP contribution in [0.15, 0.2) is 23.3 Å². The third kappa shape index (κ3) is 1.28. The zero-order valence-electron chi connectivity index (χ0n) is 5.65. The fraction of sp³-hybridized carbons (Fsp3) is 0.375. The van der Waals surface area contributed by atoms with Gasteiger partial charge in [0.2, 0.25) is 0 Å². The molecule has 0 bridgehead atoms. The highest BCUT2D eigenvalue weighted by atomic mass is 14.3. The Hall–Kier alpha value is -0.850. The predicted octanol–water partition coefficient (Wildman–Crippen LogP) is 2.30. The van der Waals surface area contributed by atoms with E-state index in [0.717, 1.165) is 18.4 Å². The van der Waals surface area contributed by atoms with Gasteiger partial charge in [-0.2, -0.15) is 0 Å². The van der Waals surface area contributed by atoms with Crippen LogP contribution in [-0.2, 0) is 0 Å². The summed E-state index contributed by atoms with van der Waals surface area (Å²) >= 11 is 0. The minimum Gasteiger partial charge on any atom is -0.308 e. The Morgan fingerprint density at radius 2 is 2.11 bits per heavy atom. The lowest BCUT2D eigenvalue weighted by atomic mass is 10.0. The topological polar surface area (TPSA) is 23.9 Å². The van der Waals surface area contributed by atoms with Crippen molar-refractivity contribution in [1.29, 1.82) is 5.41 Å². The van der Waals surface area contributed by atoms with Gasteiger partial charge in [-0.25, -0.2) is 0 Å². The standard InChI is InChI=1S/C8H11N/c1-7-4-2-3-5-8(7)6-9/h4-6,9H,2-3H2,1H3. The quantitative estimate of drug-likeness (QED) is 0.515. The van der Waals surface area contributed by atoms with Gasteiger partial charge < -0.3 is 5.41 Å². The third-order valence-electron chi connectivity index (χ3n) is 1.59. The maximum Gasteiger partial charge on any atom is 0.0249 e. The van der Waals surface area contributed by atoms with E-state index in [1.807, 2.05) is 0 Å². The highest BCUT2D eigenvalue weighted by Gasteiger charge is 1.98. The monoisotopic (exact) mass is 121 g/mol. The second kappa shape index (κ2) is 2.62. The molecule has 1 aliphatic rings. The van der Waals surface area contributed by atoms with Gasteiger partial charge in [0.05, 0.1) is 0 Å². The van der Waals surface area contributed by atoms with Crippen LogP contribution in [-0.4, -0.2) is 6.21 Å². The molecule has 1 N–H and O–H groups in total. The first-order chi connectivity index (χ1) is 4.34. The van der Waals surface area contributed by atoms with E-state index in [1.54, 1.807) is 0 Å². The summed E-state index contributed by atoms with van der Waals surface area (Å²) in [5.74, 6) is 0. The Morgan fingerprint density at radius 1 is 1.44 bits per heavy atom.